The number of carbonyl (C=O) groups is 3. The molecule has 1 saturated heterocycles. The molecule has 1 aliphatic heterocycles. The number of amides is 1. The predicted octanol–water partition coefficient (Wildman–Crippen LogP) is -0.107. The number of hydrogen-bond acceptors (Lipinski definition) is 6. The molecule has 0 aromatic heterocycles. The fraction of sp³-hybridized carbons (Fsp3) is 0.786. The van der Waals surface area contributed by atoms with Crippen molar-refractivity contribution in [1.29, 1.82) is 0 Å². The lowest BCUT2D eigenvalue weighted by Gasteiger charge is -2.32. The Labute approximate surface area is 125 Å². The van der Waals surface area contributed by atoms with E-state index in [9.17, 15) is 14.4 Å². The van der Waals surface area contributed by atoms with Crippen LogP contribution in [0.1, 0.15) is 19.8 Å². The van der Waals surface area contributed by atoms with Gasteiger partial charge in [-0.05, 0) is 18.8 Å². The van der Waals surface area contributed by atoms with Gasteiger partial charge in [0.25, 0.3) is 0 Å². The second-order valence-electron chi connectivity index (χ2n) is 5.36. The molecule has 7 nitrogen and oxygen atoms in total. The van der Waals surface area contributed by atoms with Gasteiger partial charge in [0, 0.05) is 13.1 Å². The van der Waals surface area contributed by atoms with Gasteiger partial charge in [0.05, 0.1) is 33.9 Å². The van der Waals surface area contributed by atoms with E-state index < -0.39 is 11.9 Å². The largest absolute Gasteiger partial charge is 0.468 e. The number of nitrogens with zero attached hydrogens (tertiary/aromatic N) is 2. The van der Waals surface area contributed by atoms with Gasteiger partial charge in [0.1, 0.15) is 0 Å². The summed E-state index contributed by atoms with van der Waals surface area (Å²) < 4.78 is 9.16. The van der Waals surface area contributed by atoms with Crippen LogP contribution in [0.5, 0.6) is 0 Å². The maximum Gasteiger partial charge on any atom is 0.319 e. The van der Waals surface area contributed by atoms with Crippen molar-refractivity contribution in [3.63, 3.8) is 0 Å². The molecule has 1 fully saturated rings. The van der Waals surface area contributed by atoms with Gasteiger partial charge in [-0.3, -0.25) is 19.3 Å². The Kier molecular flexibility index (Phi) is 7.14. The average Bonchev–Trinajstić information content (AvgIpc) is 2.47. The molecule has 0 aromatic carbocycles. The molecule has 0 aromatic rings. The number of likely N-dealkylation sites (tertiary alicyclic amines) is 1. The van der Waals surface area contributed by atoms with Crippen molar-refractivity contribution >= 4 is 17.8 Å². The Balaban J connectivity index is 2.55. The van der Waals surface area contributed by atoms with E-state index in [0.717, 1.165) is 25.9 Å². The van der Waals surface area contributed by atoms with E-state index >= 15 is 0 Å². The summed E-state index contributed by atoms with van der Waals surface area (Å²) in [5.74, 6) is -0.414. The molecule has 1 heterocycles. The first-order chi connectivity index (χ1) is 9.96. The van der Waals surface area contributed by atoms with Crippen molar-refractivity contribution < 1.29 is 23.9 Å². The molecule has 0 aliphatic carbocycles. The number of methoxy groups -OCH3 is 2. The molecule has 0 bridgehead atoms. The number of carbonyl (C=O) groups excluding carboxylic acids is 3. The first kappa shape index (κ1) is 17.4. The quantitative estimate of drug-likeness (QED) is 0.637. The Morgan fingerprint density at radius 1 is 1.00 bits per heavy atom. The minimum atomic E-state index is -0.487. The zero-order chi connectivity index (χ0) is 15.8. The third-order valence-corrected chi connectivity index (χ3v) is 3.66. The highest BCUT2D eigenvalue weighted by molar-refractivity contribution is 5.81. The zero-order valence-corrected chi connectivity index (χ0v) is 13.0. The van der Waals surface area contributed by atoms with E-state index in [4.69, 9.17) is 0 Å². The van der Waals surface area contributed by atoms with Crippen molar-refractivity contribution in [2.45, 2.75) is 19.8 Å². The number of esters is 2. The molecule has 1 aliphatic rings. The topological polar surface area (TPSA) is 76.1 Å². The second-order valence-corrected chi connectivity index (χ2v) is 5.36. The van der Waals surface area contributed by atoms with Crippen molar-refractivity contribution in [2.75, 3.05) is 46.9 Å². The molecule has 0 N–H and O–H groups in total. The predicted molar refractivity (Wildman–Crippen MR) is 75.5 cm³/mol. The molecule has 1 rings (SSSR count). The molecular weight excluding hydrogens is 276 g/mol. The van der Waals surface area contributed by atoms with Crippen LogP contribution in [0.2, 0.25) is 0 Å². The summed E-state index contributed by atoms with van der Waals surface area (Å²) >= 11 is 0. The van der Waals surface area contributed by atoms with Crippen LogP contribution in [-0.2, 0) is 23.9 Å². The number of rotatable bonds is 6. The summed E-state index contributed by atoms with van der Waals surface area (Å²) in [4.78, 5) is 38.2. The third kappa shape index (κ3) is 6.12. The van der Waals surface area contributed by atoms with Crippen LogP contribution in [0.15, 0.2) is 0 Å². The van der Waals surface area contributed by atoms with E-state index in [2.05, 4.69) is 16.4 Å². The fourth-order valence-corrected chi connectivity index (χ4v) is 2.21. The summed E-state index contributed by atoms with van der Waals surface area (Å²) in [5.41, 5.74) is 0. The maximum atomic E-state index is 12.2. The van der Waals surface area contributed by atoms with Crippen molar-refractivity contribution in [1.82, 2.24) is 9.80 Å². The molecule has 0 radical (unpaired) electrons. The van der Waals surface area contributed by atoms with Gasteiger partial charge in [-0.1, -0.05) is 6.92 Å². The number of piperidine rings is 1. The van der Waals surface area contributed by atoms with E-state index in [0.29, 0.717) is 5.92 Å². The Morgan fingerprint density at radius 2 is 1.48 bits per heavy atom. The first-order valence-corrected chi connectivity index (χ1v) is 7.10. The van der Waals surface area contributed by atoms with E-state index in [1.807, 2.05) is 0 Å². The molecule has 21 heavy (non-hydrogen) atoms. The van der Waals surface area contributed by atoms with Crippen LogP contribution < -0.4 is 0 Å². The SMILES string of the molecule is COC(=O)CN(CC(=O)OC)CC(=O)N1CCC(C)CC1. The minimum Gasteiger partial charge on any atom is -0.468 e. The summed E-state index contributed by atoms with van der Waals surface area (Å²) in [6.45, 7) is 3.42. The summed E-state index contributed by atoms with van der Waals surface area (Å²) in [7, 11) is 2.54. The van der Waals surface area contributed by atoms with Gasteiger partial charge in [0.2, 0.25) is 5.91 Å². The standard InChI is InChI=1S/C14H24N2O5/c1-11-4-6-16(7-5-11)12(17)8-15(9-13(18)20-2)10-14(19)21-3/h11H,4-10H2,1-3H3. The van der Waals surface area contributed by atoms with Crippen LogP contribution in [0.25, 0.3) is 0 Å². The lowest BCUT2D eigenvalue weighted by atomic mass is 9.99. The lowest BCUT2D eigenvalue weighted by Crippen LogP contribution is -2.46. The molecule has 1 amide bonds. The lowest BCUT2D eigenvalue weighted by molar-refractivity contribution is -0.146. The highest BCUT2D eigenvalue weighted by Gasteiger charge is 2.24. The average molecular weight is 300 g/mol. The van der Waals surface area contributed by atoms with Gasteiger partial charge in [0.15, 0.2) is 0 Å². The van der Waals surface area contributed by atoms with Crippen molar-refractivity contribution in [3.05, 3.63) is 0 Å². The first-order valence-electron chi connectivity index (χ1n) is 7.10. The van der Waals surface area contributed by atoms with E-state index in [1.54, 1.807) is 4.90 Å². The van der Waals surface area contributed by atoms with E-state index in [1.165, 1.54) is 19.1 Å². The molecule has 7 heteroatoms. The fourth-order valence-electron chi connectivity index (χ4n) is 2.21. The summed E-state index contributed by atoms with van der Waals surface area (Å²) in [6, 6.07) is 0. The molecule has 120 valence electrons. The van der Waals surface area contributed by atoms with Gasteiger partial charge in [-0.15, -0.1) is 0 Å². The highest BCUT2D eigenvalue weighted by Crippen LogP contribution is 2.16. The Morgan fingerprint density at radius 3 is 1.90 bits per heavy atom. The third-order valence-electron chi connectivity index (χ3n) is 3.66. The summed E-state index contributed by atoms with van der Waals surface area (Å²) in [6.07, 6.45) is 1.97. The minimum absolute atomic E-state index is 0.0125. The van der Waals surface area contributed by atoms with Gasteiger partial charge in [-0.2, -0.15) is 0 Å². The van der Waals surface area contributed by atoms with Crippen LogP contribution >= 0.6 is 0 Å². The Hall–Kier alpha value is -1.63. The van der Waals surface area contributed by atoms with Crippen molar-refractivity contribution in [2.24, 2.45) is 5.92 Å². The van der Waals surface area contributed by atoms with Crippen LogP contribution in [0, 0.1) is 5.92 Å². The maximum absolute atomic E-state index is 12.2. The smallest absolute Gasteiger partial charge is 0.319 e. The number of ether oxygens (including phenoxy) is 2. The second kappa shape index (κ2) is 8.61. The monoisotopic (exact) mass is 300 g/mol. The molecule has 0 spiro atoms. The molecule has 0 unspecified atom stereocenters. The van der Waals surface area contributed by atoms with Crippen LogP contribution in [0.4, 0.5) is 0 Å². The van der Waals surface area contributed by atoms with E-state index in [-0.39, 0.29) is 25.5 Å². The van der Waals surface area contributed by atoms with Crippen molar-refractivity contribution in [3.8, 4) is 0 Å². The van der Waals surface area contributed by atoms with Gasteiger partial charge < -0.3 is 14.4 Å². The Bertz CT molecular complexity index is 360. The van der Waals surface area contributed by atoms with Gasteiger partial charge in [-0.25, -0.2) is 0 Å². The molecular formula is C14H24N2O5. The highest BCUT2D eigenvalue weighted by atomic mass is 16.5. The van der Waals surface area contributed by atoms with Crippen LogP contribution in [-0.4, -0.2) is 74.6 Å². The normalized spacial score (nSPS) is 15.9. The zero-order valence-electron chi connectivity index (χ0n) is 13.0. The molecule has 0 atom stereocenters. The number of hydrogen-bond donors (Lipinski definition) is 0. The summed E-state index contributed by atoms with van der Waals surface area (Å²) in [5, 5.41) is 0. The van der Waals surface area contributed by atoms with Crippen LogP contribution in [0.3, 0.4) is 0 Å². The molecule has 0 saturated carbocycles. The van der Waals surface area contributed by atoms with Gasteiger partial charge >= 0.3 is 11.9 Å².